The standard InChI is InChI=1S/C13H18N2O5S/c1-8(2)11(16)6-14-21(18,19)9-3-4-12-10(5-9)15-13(17)7-20-12/h3-5,8,11,14,16H,6-7H2,1-2H3,(H,15,17). The van der Waals surface area contributed by atoms with E-state index in [1.165, 1.54) is 18.2 Å². The summed E-state index contributed by atoms with van der Waals surface area (Å²) < 4.78 is 31.8. The molecular weight excluding hydrogens is 296 g/mol. The van der Waals surface area contributed by atoms with Crippen molar-refractivity contribution in [3.05, 3.63) is 18.2 Å². The summed E-state index contributed by atoms with van der Waals surface area (Å²) in [5, 5.41) is 12.2. The van der Waals surface area contributed by atoms with Crippen LogP contribution in [0.15, 0.2) is 23.1 Å². The van der Waals surface area contributed by atoms with E-state index < -0.39 is 16.1 Å². The second-order valence-corrected chi connectivity index (χ2v) is 6.93. The normalized spacial score (nSPS) is 16.1. The third-order valence-electron chi connectivity index (χ3n) is 3.15. The van der Waals surface area contributed by atoms with Crippen LogP contribution >= 0.6 is 0 Å². The van der Waals surface area contributed by atoms with Crippen LogP contribution in [0.5, 0.6) is 5.75 Å². The van der Waals surface area contributed by atoms with Gasteiger partial charge in [-0.3, -0.25) is 4.79 Å². The molecule has 1 aromatic carbocycles. The molecule has 0 saturated carbocycles. The van der Waals surface area contributed by atoms with Gasteiger partial charge in [0.15, 0.2) is 6.61 Å². The van der Waals surface area contributed by atoms with E-state index in [-0.39, 0.29) is 29.9 Å². The second kappa shape index (κ2) is 6.00. The Morgan fingerprint density at radius 1 is 1.43 bits per heavy atom. The van der Waals surface area contributed by atoms with Crippen LogP contribution < -0.4 is 14.8 Å². The molecule has 0 bridgehead atoms. The van der Waals surface area contributed by atoms with Crippen LogP contribution in [0.2, 0.25) is 0 Å². The number of carbonyl (C=O) groups excluding carboxylic acids is 1. The Balaban J connectivity index is 2.17. The van der Waals surface area contributed by atoms with E-state index >= 15 is 0 Å². The summed E-state index contributed by atoms with van der Waals surface area (Å²) in [5.74, 6) is 0.0416. The smallest absolute Gasteiger partial charge is 0.262 e. The molecule has 1 aliphatic rings. The van der Waals surface area contributed by atoms with Crippen LogP contribution in [0.3, 0.4) is 0 Å². The molecule has 0 fully saturated rings. The molecule has 3 N–H and O–H groups in total. The number of nitrogens with one attached hydrogen (secondary N) is 2. The maximum Gasteiger partial charge on any atom is 0.262 e. The van der Waals surface area contributed by atoms with Gasteiger partial charge < -0.3 is 15.2 Å². The fraction of sp³-hybridized carbons (Fsp3) is 0.462. The van der Waals surface area contributed by atoms with E-state index in [0.717, 1.165) is 0 Å². The van der Waals surface area contributed by atoms with Crippen LogP contribution in [-0.2, 0) is 14.8 Å². The maximum atomic E-state index is 12.2. The molecule has 1 heterocycles. The molecule has 1 aromatic rings. The molecule has 1 amide bonds. The van der Waals surface area contributed by atoms with Crippen molar-refractivity contribution in [1.29, 1.82) is 0 Å². The van der Waals surface area contributed by atoms with Crippen molar-refractivity contribution in [3.63, 3.8) is 0 Å². The molecule has 8 heteroatoms. The van der Waals surface area contributed by atoms with Gasteiger partial charge in [0.1, 0.15) is 5.75 Å². The first-order chi connectivity index (χ1) is 9.79. The first-order valence-corrected chi connectivity index (χ1v) is 8.02. The van der Waals surface area contributed by atoms with Gasteiger partial charge in [-0.2, -0.15) is 0 Å². The molecule has 7 nitrogen and oxygen atoms in total. The summed E-state index contributed by atoms with van der Waals surface area (Å²) in [6, 6.07) is 4.21. The number of fused-ring (bicyclic) bond motifs is 1. The SMILES string of the molecule is CC(C)C(O)CNS(=O)(=O)c1ccc2c(c1)NC(=O)CO2. The average Bonchev–Trinajstić information content (AvgIpc) is 2.43. The largest absolute Gasteiger partial charge is 0.482 e. The monoisotopic (exact) mass is 314 g/mol. The molecule has 2 rings (SSSR count). The van der Waals surface area contributed by atoms with Crippen LogP contribution in [0.1, 0.15) is 13.8 Å². The predicted octanol–water partition coefficient (Wildman–Crippen LogP) is 0.313. The van der Waals surface area contributed by atoms with Crippen molar-refractivity contribution in [2.45, 2.75) is 24.8 Å². The van der Waals surface area contributed by atoms with Crippen LogP contribution in [0, 0.1) is 5.92 Å². The van der Waals surface area contributed by atoms with Crippen molar-refractivity contribution >= 4 is 21.6 Å². The van der Waals surface area contributed by atoms with Gasteiger partial charge in [-0.15, -0.1) is 0 Å². The first-order valence-electron chi connectivity index (χ1n) is 6.54. The number of rotatable bonds is 5. The zero-order chi connectivity index (χ0) is 15.6. The lowest BCUT2D eigenvalue weighted by Crippen LogP contribution is -2.34. The molecule has 0 saturated heterocycles. The molecule has 21 heavy (non-hydrogen) atoms. The highest BCUT2D eigenvalue weighted by molar-refractivity contribution is 7.89. The predicted molar refractivity (Wildman–Crippen MR) is 76.6 cm³/mol. The Hall–Kier alpha value is -1.64. The van der Waals surface area contributed by atoms with Gasteiger partial charge in [0, 0.05) is 6.54 Å². The van der Waals surface area contributed by atoms with Crippen molar-refractivity contribution in [2.75, 3.05) is 18.5 Å². The highest BCUT2D eigenvalue weighted by Gasteiger charge is 2.22. The number of aliphatic hydroxyl groups is 1. The number of aliphatic hydroxyl groups excluding tert-OH is 1. The van der Waals surface area contributed by atoms with Crippen molar-refractivity contribution in [3.8, 4) is 5.75 Å². The van der Waals surface area contributed by atoms with Gasteiger partial charge in [-0.25, -0.2) is 13.1 Å². The number of carbonyl (C=O) groups is 1. The van der Waals surface area contributed by atoms with Gasteiger partial charge in [0.25, 0.3) is 5.91 Å². The van der Waals surface area contributed by atoms with Gasteiger partial charge >= 0.3 is 0 Å². The molecule has 0 spiro atoms. The van der Waals surface area contributed by atoms with E-state index in [0.29, 0.717) is 11.4 Å². The molecule has 0 aromatic heterocycles. The highest BCUT2D eigenvalue weighted by Crippen LogP contribution is 2.29. The Labute approximate surface area is 123 Å². The summed E-state index contributed by atoms with van der Waals surface area (Å²) in [5.41, 5.74) is 0.318. The number of ether oxygens (including phenoxy) is 1. The minimum absolute atomic E-state index is 0.00278. The van der Waals surface area contributed by atoms with Crippen LogP contribution in [0.4, 0.5) is 5.69 Å². The topological polar surface area (TPSA) is 105 Å². The van der Waals surface area contributed by atoms with E-state index in [2.05, 4.69) is 10.0 Å². The molecule has 1 unspecified atom stereocenters. The average molecular weight is 314 g/mol. The summed E-state index contributed by atoms with van der Waals surface area (Å²) in [6.07, 6.45) is -0.763. The Kier molecular flexibility index (Phi) is 4.50. The molecule has 116 valence electrons. The zero-order valence-electron chi connectivity index (χ0n) is 11.8. The quantitative estimate of drug-likeness (QED) is 0.725. The van der Waals surface area contributed by atoms with E-state index in [4.69, 9.17) is 4.74 Å². The number of amides is 1. The third-order valence-corrected chi connectivity index (χ3v) is 4.57. The van der Waals surface area contributed by atoms with Crippen LogP contribution in [0.25, 0.3) is 0 Å². The summed E-state index contributed by atoms with van der Waals surface area (Å²) in [6.45, 7) is 3.44. The fourth-order valence-corrected chi connectivity index (χ4v) is 2.82. The Morgan fingerprint density at radius 3 is 2.81 bits per heavy atom. The summed E-state index contributed by atoms with van der Waals surface area (Å²) >= 11 is 0. The maximum absolute atomic E-state index is 12.2. The number of benzene rings is 1. The lowest BCUT2D eigenvalue weighted by atomic mass is 10.1. The Morgan fingerprint density at radius 2 is 2.14 bits per heavy atom. The van der Waals surface area contributed by atoms with Crippen LogP contribution in [-0.4, -0.2) is 38.7 Å². The van der Waals surface area contributed by atoms with Gasteiger partial charge in [0.05, 0.1) is 16.7 Å². The third kappa shape index (κ3) is 3.72. The van der Waals surface area contributed by atoms with Gasteiger partial charge in [0.2, 0.25) is 10.0 Å². The minimum Gasteiger partial charge on any atom is -0.482 e. The summed E-state index contributed by atoms with van der Waals surface area (Å²) in [4.78, 5) is 11.2. The molecule has 1 aliphatic heterocycles. The first kappa shape index (κ1) is 15.7. The second-order valence-electron chi connectivity index (χ2n) is 5.16. The lowest BCUT2D eigenvalue weighted by molar-refractivity contribution is -0.118. The van der Waals surface area contributed by atoms with Crippen molar-refractivity contribution in [1.82, 2.24) is 4.72 Å². The number of hydrogen-bond donors (Lipinski definition) is 3. The molecule has 1 atom stereocenters. The van der Waals surface area contributed by atoms with Gasteiger partial charge in [-0.05, 0) is 24.1 Å². The highest BCUT2D eigenvalue weighted by atomic mass is 32.2. The Bertz CT molecular complexity index is 642. The number of sulfonamides is 1. The van der Waals surface area contributed by atoms with Crippen molar-refractivity contribution < 1.29 is 23.1 Å². The van der Waals surface area contributed by atoms with E-state index in [9.17, 15) is 18.3 Å². The van der Waals surface area contributed by atoms with E-state index in [1.54, 1.807) is 13.8 Å². The molecular formula is C13H18N2O5S. The summed E-state index contributed by atoms with van der Waals surface area (Å²) in [7, 11) is -3.76. The zero-order valence-corrected chi connectivity index (χ0v) is 12.6. The fourth-order valence-electron chi connectivity index (χ4n) is 1.74. The van der Waals surface area contributed by atoms with Crippen molar-refractivity contribution in [2.24, 2.45) is 5.92 Å². The minimum atomic E-state index is -3.76. The van der Waals surface area contributed by atoms with E-state index in [1.807, 2.05) is 0 Å². The lowest BCUT2D eigenvalue weighted by Gasteiger charge is -2.19. The molecule has 0 radical (unpaired) electrons. The number of anilines is 1. The number of hydrogen-bond acceptors (Lipinski definition) is 5. The molecule has 0 aliphatic carbocycles. The van der Waals surface area contributed by atoms with Gasteiger partial charge in [-0.1, -0.05) is 13.8 Å².